The van der Waals surface area contributed by atoms with E-state index in [1.54, 1.807) is 0 Å². The van der Waals surface area contributed by atoms with Gasteiger partial charge in [0.15, 0.2) is 0 Å². The summed E-state index contributed by atoms with van der Waals surface area (Å²) in [6.07, 6.45) is 1.17. The Morgan fingerprint density at radius 1 is 1.28 bits per heavy atom. The van der Waals surface area contributed by atoms with Gasteiger partial charge in [-0.1, -0.05) is 36.5 Å². The van der Waals surface area contributed by atoms with E-state index in [0.29, 0.717) is 11.0 Å². The zero-order valence-electron chi connectivity index (χ0n) is 14.8. The molecule has 1 saturated heterocycles. The Labute approximate surface area is 152 Å². The normalized spacial score (nSPS) is 19.5. The van der Waals surface area contributed by atoms with Gasteiger partial charge < -0.3 is 10.2 Å². The van der Waals surface area contributed by atoms with Crippen molar-refractivity contribution in [2.24, 2.45) is 0 Å². The molecule has 1 unspecified atom stereocenters. The third-order valence-electron chi connectivity index (χ3n) is 4.54. The molecular weight excluding hydrogens is 334 g/mol. The molecule has 1 atom stereocenters. The fraction of sp³-hybridized carbons (Fsp3) is 0.500. The summed E-state index contributed by atoms with van der Waals surface area (Å²) in [5, 5.41) is 12.5. The molecule has 1 N–H and O–H groups in total. The minimum Gasteiger partial charge on any atom is -0.320 e. The van der Waals surface area contributed by atoms with Crippen molar-refractivity contribution in [1.82, 2.24) is 20.0 Å². The molecule has 3 rings (SSSR count). The largest absolute Gasteiger partial charge is 0.320 e. The van der Waals surface area contributed by atoms with Crippen LogP contribution in [0.3, 0.4) is 0 Å². The first kappa shape index (κ1) is 18.0. The van der Waals surface area contributed by atoms with Gasteiger partial charge in [0.2, 0.25) is 5.01 Å². The topological polar surface area (TPSA) is 61.4 Å². The number of amides is 1. The second-order valence-electron chi connectivity index (χ2n) is 6.39. The molecule has 1 aliphatic heterocycles. The lowest BCUT2D eigenvalue weighted by atomic mass is 10.2. The van der Waals surface area contributed by atoms with Crippen molar-refractivity contribution in [3.63, 3.8) is 0 Å². The molecule has 0 radical (unpaired) electrons. The van der Waals surface area contributed by atoms with Crippen LogP contribution in [0.4, 0.5) is 5.69 Å². The van der Waals surface area contributed by atoms with Crippen molar-refractivity contribution in [2.45, 2.75) is 32.9 Å². The smallest absolute Gasteiger partial charge is 0.286 e. The van der Waals surface area contributed by atoms with Crippen molar-refractivity contribution in [1.29, 1.82) is 0 Å². The molecule has 1 fully saturated rings. The van der Waals surface area contributed by atoms with Gasteiger partial charge in [-0.05, 0) is 38.6 Å². The molecule has 1 amide bonds. The SMILES string of the molecule is CCN1CCCN(Cc2nnc(C(=O)Nc3ccccc3)s2)C(C)C1. The Hall–Kier alpha value is -1.83. The minimum atomic E-state index is -0.198. The van der Waals surface area contributed by atoms with Gasteiger partial charge in [-0.3, -0.25) is 9.69 Å². The van der Waals surface area contributed by atoms with Gasteiger partial charge in [0.05, 0.1) is 6.54 Å². The fourth-order valence-corrected chi connectivity index (χ4v) is 3.87. The second kappa shape index (κ2) is 8.51. The summed E-state index contributed by atoms with van der Waals surface area (Å²) in [5.41, 5.74) is 0.769. The number of carbonyl (C=O) groups is 1. The van der Waals surface area contributed by atoms with Crippen LogP contribution in [0.1, 0.15) is 35.1 Å². The number of hydrogen-bond donors (Lipinski definition) is 1. The molecule has 0 aliphatic carbocycles. The molecule has 1 aliphatic rings. The Morgan fingerprint density at radius 2 is 2.08 bits per heavy atom. The van der Waals surface area contributed by atoms with Gasteiger partial charge in [0.1, 0.15) is 5.01 Å². The number of aromatic nitrogens is 2. The molecule has 2 heterocycles. The molecule has 0 spiro atoms. The summed E-state index contributed by atoms with van der Waals surface area (Å²) in [4.78, 5) is 17.2. The number of likely N-dealkylation sites (N-methyl/N-ethyl adjacent to an activating group) is 1. The van der Waals surface area contributed by atoms with Crippen molar-refractivity contribution in [2.75, 3.05) is 31.5 Å². The van der Waals surface area contributed by atoms with Gasteiger partial charge >= 0.3 is 0 Å². The van der Waals surface area contributed by atoms with E-state index in [2.05, 4.69) is 39.2 Å². The molecule has 2 aromatic rings. The first-order valence-electron chi connectivity index (χ1n) is 8.81. The average Bonchev–Trinajstić information content (AvgIpc) is 3.01. The summed E-state index contributed by atoms with van der Waals surface area (Å²) in [6, 6.07) is 9.90. The zero-order valence-corrected chi connectivity index (χ0v) is 15.6. The third kappa shape index (κ3) is 4.84. The lowest BCUT2D eigenvalue weighted by Gasteiger charge is -2.27. The zero-order chi connectivity index (χ0) is 17.6. The number of hydrogen-bond acceptors (Lipinski definition) is 6. The van der Waals surface area contributed by atoms with Crippen molar-refractivity contribution in [3.05, 3.63) is 40.3 Å². The maximum absolute atomic E-state index is 12.3. The van der Waals surface area contributed by atoms with E-state index in [-0.39, 0.29) is 5.91 Å². The lowest BCUT2D eigenvalue weighted by molar-refractivity contribution is 0.102. The summed E-state index contributed by atoms with van der Waals surface area (Å²) in [7, 11) is 0. The number of rotatable bonds is 5. The quantitative estimate of drug-likeness (QED) is 0.889. The van der Waals surface area contributed by atoms with E-state index >= 15 is 0 Å². The monoisotopic (exact) mass is 359 g/mol. The van der Waals surface area contributed by atoms with Crippen LogP contribution in [0.15, 0.2) is 30.3 Å². The van der Waals surface area contributed by atoms with E-state index in [1.807, 2.05) is 30.3 Å². The van der Waals surface area contributed by atoms with Crippen LogP contribution in [0.5, 0.6) is 0 Å². The molecule has 134 valence electrons. The number of benzene rings is 1. The summed E-state index contributed by atoms with van der Waals surface area (Å²) >= 11 is 1.38. The molecule has 0 bridgehead atoms. The second-order valence-corrected chi connectivity index (χ2v) is 7.45. The predicted octanol–water partition coefficient (Wildman–Crippen LogP) is 2.71. The molecule has 1 aromatic carbocycles. The number of nitrogens with one attached hydrogen (secondary N) is 1. The van der Waals surface area contributed by atoms with Crippen LogP contribution in [-0.2, 0) is 6.54 Å². The number of nitrogens with zero attached hydrogens (tertiary/aromatic N) is 4. The molecule has 0 saturated carbocycles. The number of carbonyl (C=O) groups excluding carboxylic acids is 1. The summed E-state index contributed by atoms with van der Waals surface area (Å²) in [5.74, 6) is -0.198. The van der Waals surface area contributed by atoms with Crippen LogP contribution in [-0.4, -0.2) is 58.1 Å². The highest BCUT2D eigenvalue weighted by molar-refractivity contribution is 7.13. The molecular formula is C18H25N5OS. The maximum Gasteiger partial charge on any atom is 0.286 e. The molecule has 25 heavy (non-hydrogen) atoms. The van der Waals surface area contributed by atoms with Crippen LogP contribution >= 0.6 is 11.3 Å². The van der Waals surface area contributed by atoms with Gasteiger partial charge in [0.25, 0.3) is 5.91 Å². The van der Waals surface area contributed by atoms with E-state index in [9.17, 15) is 4.79 Å². The Kier molecular flexibility index (Phi) is 6.12. The fourth-order valence-electron chi connectivity index (χ4n) is 3.11. The Morgan fingerprint density at radius 3 is 2.84 bits per heavy atom. The number of para-hydroxylation sites is 1. The summed E-state index contributed by atoms with van der Waals surface area (Å²) in [6.45, 7) is 9.62. The molecule has 6 nitrogen and oxygen atoms in total. The van der Waals surface area contributed by atoms with Crippen molar-refractivity contribution >= 4 is 22.9 Å². The van der Waals surface area contributed by atoms with E-state index in [1.165, 1.54) is 17.8 Å². The van der Waals surface area contributed by atoms with Crippen LogP contribution in [0, 0.1) is 0 Å². The molecule has 1 aromatic heterocycles. The predicted molar refractivity (Wildman–Crippen MR) is 101 cm³/mol. The Balaban J connectivity index is 1.60. The standard InChI is InChI=1S/C18H25N5OS/c1-3-22-10-7-11-23(14(2)12-22)13-16-20-21-18(25-16)17(24)19-15-8-5-4-6-9-15/h4-6,8-9,14H,3,7,10-13H2,1-2H3,(H,19,24). The number of anilines is 1. The average molecular weight is 359 g/mol. The van der Waals surface area contributed by atoms with E-state index in [4.69, 9.17) is 0 Å². The van der Waals surface area contributed by atoms with Gasteiger partial charge in [-0.25, -0.2) is 0 Å². The first-order chi connectivity index (χ1) is 12.2. The van der Waals surface area contributed by atoms with E-state index < -0.39 is 0 Å². The van der Waals surface area contributed by atoms with Crippen LogP contribution in [0.2, 0.25) is 0 Å². The van der Waals surface area contributed by atoms with Crippen LogP contribution in [0.25, 0.3) is 0 Å². The first-order valence-corrected chi connectivity index (χ1v) is 9.62. The van der Waals surface area contributed by atoms with Crippen molar-refractivity contribution < 1.29 is 4.79 Å². The van der Waals surface area contributed by atoms with Gasteiger partial charge in [0, 0.05) is 24.8 Å². The highest BCUT2D eigenvalue weighted by atomic mass is 32.1. The molecule has 7 heteroatoms. The van der Waals surface area contributed by atoms with Crippen molar-refractivity contribution in [3.8, 4) is 0 Å². The van der Waals surface area contributed by atoms with Crippen LogP contribution < -0.4 is 5.32 Å². The highest BCUT2D eigenvalue weighted by Gasteiger charge is 2.22. The summed E-state index contributed by atoms with van der Waals surface area (Å²) < 4.78 is 0. The highest BCUT2D eigenvalue weighted by Crippen LogP contribution is 2.18. The minimum absolute atomic E-state index is 0.198. The van der Waals surface area contributed by atoms with Gasteiger partial charge in [-0.2, -0.15) is 0 Å². The third-order valence-corrected chi connectivity index (χ3v) is 5.45. The van der Waals surface area contributed by atoms with E-state index in [0.717, 1.165) is 43.4 Å². The maximum atomic E-state index is 12.3. The Bertz CT molecular complexity index is 690. The lowest BCUT2D eigenvalue weighted by Crippen LogP contribution is -2.38. The van der Waals surface area contributed by atoms with Gasteiger partial charge in [-0.15, -0.1) is 10.2 Å².